The fraction of sp³-hybridized carbons (Fsp3) is 0.538. The van der Waals surface area contributed by atoms with Crippen LogP contribution in [0.3, 0.4) is 0 Å². The molecule has 0 aliphatic carbocycles. The highest BCUT2D eigenvalue weighted by molar-refractivity contribution is 7.98. The summed E-state index contributed by atoms with van der Waals surface area (Å²) in [6, 6.07) is 3.85. The quantitative estimate of drug-likeness (QED) is 0.859. The van der Waals surface area contributed by atoms with Crippen LogP contribution in [-0.4, -0.2) is 47.9 Å². The molecule has 0 aliphatic heterocycles. The average molecular weight is 267 g/mol. The Morgan fingerprint density at radius 1 is 1.56 bits per heavy atom. The summed E-state index contributed by atoms with van der Waals surface area (Å²) in [5, 5.41) is 2.98. The Labute approximate surface area is 113 Å². The topological polar surface area (TPSA) is 45.2 Å². The average Bonchev–Trinajstić information content (AvgIpc) is 2.43. The third kappa shape index (κ3) is 3.91. The maximum atomic E-state index is 12.2. The van der Waals surface area contributed by atoms with E-state index in [-0.39, 0.29) is 11.9 Å². The summed E-state index contributed by atoms with van der Waals surface area (Å²) >= 11 is 1.80. The molecule has 100 valence electrons. The van der Waals surface area contributed by atoms with Gasteiger partial charge in [-0.1, -0.05) is 0 Å². The molecule has 0 saturated heterocycles. The van der Waals surface area contributed by atoms with Gasteiger partial charge >= 0.3 is 0 Å². The predicted molar refractivity (Wildman–Crippen MR) is 78.3 cm³/mol. The molecule has 0 fully saturated rings. The highest BCUT2D eigenvalue weighted by atomic mass is 32.2. The smallest absolute Gasteiger partial charge is 0.272 e. The van der Waals surface area contributed by atoms with E-state index in [2.05, 4.69) is 23.5 Å². The minimum Gasteiger partial charge on any atom is -0.387 e. The second-order valence-electron chi connectivity index (χ2n) is 4.23. The molecule has 1 aromatic heterocycles. The molecular formula is C13H21N3OS. The summed E-state index contributed by atoms with van der Waals surface area (Å²) in [6.07, 6.45) is 4.75. The molecule has 1 N–H and O–H groups in total. The normalized spacial score (nSPS) is 12.0. The van der Waals surface area contributed by atoms with Gasteiger partial charge in [0.15, 0.2) is 0 Å². The van der Waals surface area contributed by atoms with E-state index in [1.807, 2.05) is 20.2 Å². The van der Waals surface area contributed by atoms with Crippen LogP contribution in [0.2, 0.25) is 0 Å². The molecule has 0 spiro atoms. The van der Waals surface area contributed by atoms with Gasteiger partial charge in [0.05, 0.1) is 11.9 Å². The fourth-order valence-corrected chi connectivity index (χ4v) is 2.11. The monoisotopic (exact) mass is 267 g/mol. The van der Waals surface area contributed by atoms with E-state index in [1.54, 1.807) is 28.9 Å². The standard InChI is InChI=1S/C13H21N3OS/c1-10(7-8-18-4)16(3)13(17)12-6-5-11(14-2)9-15-12/h5-6,9-10,14H,7-8H2,1-4H3. The first-order chi connectivity index (χ1) is 8.60. The number of aromatic nitrogens is 1. The molecule has 0 aliphatic rings. The summed E-state index contributed by atoms with van der Waals surface area (Å²) in [6.45, 7) is 2.07. The van der Waals surface area contributed by atoms with Gasteiger partial charge in [-0.25, -0.2) is 4.98 Å². The van der Waals surface area contributed by atoms with Gasteiger partial charge in [0.1, 0.15) is 5.69 Å². The van der Waals surface area contributed by atoms with Gasteiger partial charge in [0, 0.05) is 20.1 Å². The molecule has 18 heavy (non-hydrogen) atoms. The predicted octanol–water partition coefficient (Wildman–Crippen LogP) is 2.34. The van der Waals surface area contributed by atoms with Crippen LogP contribution in [0.25, 0.3) is 0 Å². The van der Waals surface area contributed by atoms with E-state index in [0.29, 0.717) is 5.69 Å². The van der Waals surface area contributed by atoms with Crippen molar-refractivity contribution in [1.82, 2.24) is 9.88 Å². The van der Waals surface area contributed by atoms with Crippen molar-refractivity contribution >= 4 is 23.4 Å². The van der Waals surface area contributed by atoms with Crippen LogP contribution in [0.4, 0.5) is 5.69 Å². The van der Waals surface area contributed by atoms with E-state index in [0.717, 1.165) is 17.9 Å². The minimum absolute atomic E-state index is 0.0220. The van der Waals surface area contributed by atoms with E-state index in [1.165, 1.54) is 0 Å². The number of hydrogen-bond acceptors (Lipinski definition) is 4. The van der Waals surface area contributed by atoms with Crippen LogP contribution in [0, 0.1) is 0 Å². The molecule has 1 rings (SSSR count). The van der Waals surface area contributed by atoms with Crippen molar-refractivity contribution in [2.45, 2.75) is 19.4 Å². The molecule has 0 bridgehead atoms. The van der Waals surface area contributed by atoms with Gasteiger partial charge in [0.2, 0.25) is 0 Å². The van der Waals surface area contributed by atoms with Crippen molar-refractivity contribution in [1.29, 1.82) is 0 Å². The Balaban J connectivity index is 2.67. The molecular weight excluding hydrogens is 246 g/mol. The van der Waals surface area contributed by atoms with E-state index in [9.17, 15) is 4.79 Å². The molecule has 4 nitrogen and oxygen atoms in total. The van der Waals surface area contributed by atoms with Crippen LogP contribution >= 0.6 is 11.8 Å². The van der Waals surface area contributed by atoms with E-state index >= 15 is 0 Å². The zero-order chi connectivity index (χ0) is 13.5. The summed E-state index contributed by atoms with van der Waals surface area (Å²) in [5.41, 5.74) is 1.40. The Bertz CT molecular complexity index is 380. The Morgan fingerprint density at radius 3 is 2.78 bits per heavy atom. The van der Waals surface area contributed by atoms with Crippen LogP contribution in [0.5, 0.6) is 0 Å². The molecule has 0 radical (unpaired) electrons. The van der Waals surface area contributed by atoms with Gasteiger partial charge < -0.3 is 10.2 Å². The van der Waals surface area contributed by atoms with Crippen LogP contribution in [0.15, 0.2) is 18.3 Å². The number of carbonyl (C=O) groups excluding carboxylic acids is 1. The maximum absolute atomic E-state index is 12.2. The molecule has 1 unspecified atom stereocenters. The zero-order valence-electron chi connectivity index (χ0n) is 11.4. The molecule has 5 heteroatoms. The molecule has 0 saturated carbocycles. The maximum Gasteiger partial charge on any atom is 0.272 e. The number of hydrogen-bond donors (Lipinski definition) is 1. The Kier molecular flexibility index (Phi) is 5.98. The molecule has 1 heterocycles. The van der Waals surface area contributed by atoms with Gasteiger partial charge in [-0.15, -0.1) is 0 Å². The Morgan fingerprint density at radius 2 is 2.28 bits per heavy atom. The number of nitrogens with zero attached hydrogens (tertiary/aromatic N) is 2. The highest BCUT2D eigenvalue weighted by Gasteiger charge is 2.17. The number of carbonyl (C=O) groups is 1. The number of pyridine rings is 1. The lowest BCUT2D eigenvalue weighted by Crippen LogP contribution is -2.35. The van der Waals surface area contributed by atoms with Crippen molar-refractivity contribution in [3.63, 3.8) is 0 Å². The van der Waals surface area contributed by atoms with Crippen LogP contribution in [0.1, 0.15) is 23.8 Å². The van der Waals surface area contributed by atoms with E-state index in [4.69, 9.17) is 0 Å². The second kappa shape index (κ2) is 7.26. The van der Waals surface area contributed by atoms with Crippen molar-refractivity contribution in [3.8, 4) is 0 Å². The molecule has 1 atom stereocenters. The first-order valence-electron chi connectivity index (χ1n) is 6.00. The van der Waals surface area contributed by atoms with Gasteiger partial charge in [-0.2, -0.15) is 11.8 Å². The molecule has 0 aromatic carbocycles. The van der Waals surface area contributed by atoms with Crippen molar-refractivity contribution in [3.05, 3.63) is 24.0 Å². The highest BCUT2D eigenvalue weighted by Crippen LogP contribution is 2.11. The van der Waals surface area contributed by atoms with Gasteiger partial charge in [-0.05, 0) is 37.5 Å². The van der Waals surface area contributed by atoms with Crippen molar-refractivity contribution in [2.75, 3.05) is 31.4 Å². The second-order valence-corrected chi connectivity index (χ2v) is 5.21. The lowest BCUT2D eigenvalue weighted by Gasteiger charge is -2.24. The third-order valence-corrected chi connectivity index (χ3v) is 3.64. The Hall–Kier alpha value is -1.23. The molecule has 1 aromatic rings. The number of rotatable bonds is 6. The van der Waals surface area contributed by atoms with Crippen molar-refractivity contribution < 1.29 is 4.79 Å². The summed E-state index contributed by atoms with van der Waals surface area (Å²) in [7, 11) is 3.66. The number of anilines is 1. The van der Waals surface area contributed by atoms with E-state index < -0.39 is 0 Å². The summed E-state index contributed by atoms with van der Waals surface area (Å²) in [5.74, 6) is 1.04. The molecule has 1 amide bonds. The van der Waals surface area contributed by atoms with Crippen molar-refractivity contribution in [2.24, 2.45) is 0 Å². The largest absolute Gasteiger partial charge is 0.387 e. The lowest BCUT2D eigenvalue weighted by atomic mass is 10.2. The first-order valence-corrected chi connectivity index (χ1v) is 7.39. The number of amides is 1. The SMILES string of the molecule is CNc1ccc(C(=O)N(C)C(C)CCSC)nc1. The number of nitrogens with one attached hydrogen (secondary N) is 1. The van der Waals surface area contributed by atoms with Gasteiger partial charge in [-0.3, -0.25) is 4.79 Å². The van der Waals surface area contributed by atoms with Crippen LogP contribution < -0.4 is 5.32 Å². The number of thioether (sulfide) groups is 1. The van der Waals surface area contributed by atoms with Crippen LogP contribution in [-0.2, 0) is 0 Å². The first kappa shape index (κ1) is 14.8. The summed E-state index contributed by atoms with van der Waals surface area (Å²) < 4.78 is 0. The zero-order valence-corrected chi connectivity index (χ0v) is 12.3. The summed E-state index contributed by atoms with van der Waals surface area (Å²) in [4.78, 5) is 18.1. The fourth-order valence-electron chi connectivity index (χ4n) is 1.53. The lowest BCUT2D eigenvalue weighted by molar-refractivity contribution is 0.0735. The third-order valence-electron chi connectivity index (χ3n) is 2.99. The minimum atomic E-state index is -0.0220. The van der Waals surface area contributed by atoms with Gasteiger partial charge in [0.25, 0.3) is 5.91 Å².